The summed E-state index contributed by atoms with van der Waals surface area (Å²) >= 11 is 1.51. The minimum atomic E-state index is -3.28. The van der Waals surface area contributed by atoms with Crippen LogP contribution in [0.2, 0.25) is 0 Å². The number of rotatable bonds is 4. The van der Waals surface area contributed by atoms with Gasteiger partial charge in [-0.25, -0.2) is 13.2 Å². The fraction of sp³-hybridized carbons (Fsp3) is 0.350. The lowest BCUT2D eigenvalue weighted by Crippen LogP contribution is -2.22. The Balaban J connectivity index is 1.72. The van der Waals surface area contributed by atoms with Gasteiger partial charge in [-0.3, -0.25) is 0 Å². The number of hydrogen-bond donors (Lipinski definition) is 1. The van der Waals surface area contributed by atoms with Crippen molar-refractivity contribution < 1.29 is 23.0 Å². The van der Waals surface area contributed by atoms with Gasteiger partial charge >= 0.3 is 0 Å². The topological polar surface area (TPSA) is 53.2 Å². The summed E-state index contributed by atoms with van der Waals surface area (Å²) in [6.45, 7) is 0. The molecule has 2 aromatic carbocycles. The third kappa shape index (κ3) is 3.40. The Morgan fingerprint density at radius 3 is 2.67 bits per heavy atom. The summed E-state index contributed by atoms with van der Waals surface area (Å²) in [7, 11) is 0. The summed E-state index contributed by atoms with van der Waals surface area (Å²) in [5.41, 5.74) is 0.509. The lowest BCUT2D eigenvalue weighted by Gasteiger charge is -2.26. The highest BCUT2D eigenvalue weighted by Crippen LogP contribution is 2.52. The maximum Gasteiger partial charge on any atom is 0.281 e. The summed E-state index contributed by atoms with van der Waals surface area (Å²) < 4.78 is 47.7. The molecule has 0 aliphatic heterocycles. The van der Waals surface area contributed by atoms with Crippen LogP contribution in [0.15, 0.2) is 35.2 Å². The van der Waals surface area contributed by atoms with E-state index in [1.54, 1.807) is 12.1 Å². The van der Waals surface area contributed by atoms with Crippen molar-refractivity contribution in [3.8, 4) is 17.6 Å². The van der Waals surface area contributed by atoms with Gasteiger partial charge in [0.15, 0.2) is 0 Å². The number of nitriles is 1. The third-order valence-electron chi connectivity index (χ3n) is 4.93. The first kappa shape index (κ1) is 18.2. The lowest BCUT2D eigenvalue weighted by atomic mass is 10.00. The zero-order valence-electron chi connectivity index (χ0n) is 14.2. The van der Waals surface area contributed by atoms with Crippen molar-refractivity contribution in [2.24, 2.45) is 0 Å². The molecule has 3 nitrogen and oxygen atoms in total. The monoisotopic (exact) mass is 391 g/mol. The number of fused-ring (bicyclic) bond motifs is 1. The summed E-state index contributed by atoms with van der Waals surface area (Å²) in [5, 5.41) is 19.5. The average Bonchev–Trinajstić information content (AvgIpc) is 2.82. The molecule has 4 rings (SSSR count). The number of benzene rings is 2. The molecule has 27 heavy (non-hydrogen) atoms. The Morgan fingerprint density at radius 1 is 1.22 bits per heavy atom. The van der Waals surface area contributed by atoms with Gasteiger partial charge in [0.25, 0.3) is 5.92 Å². The summed E-state index contributed by atoms with van der Waals surface area (Å²) in [5.74, 6) is -3.73. The Hall–Kier alpha value is -2.17. The molecule has 7 heteroatoms. The number of halogens is 3. The number of ether oxygens (including phenoxy) is 1. The molecule has 0 aromatic heterocycles. The first-order valence-electron chi connectivity index (χ1n) is 8.64. The van der Waals surface area contributed by atoms with E-state index >= 15 is 0 Å². The molecule has 0 heterocycles. The molecule has 2 aliphatic rings. The van der Waals surface area contributed by atoms with E-state index in [1.807, 2.05) is 6.07 Å². The van der Waals surface area contributed by atoms with Gasteiger partial charge in [0.05, 0.1) is 11.6 Å². The second-order valence-corrected chi connectivity index (χ2v) is 8.20. The van der Waals surface area contributed by atoms with E-state index in [9.17, 15) is 18.3 Å². The molecule has 0 bridgehead atoms. The van der Waals surface area contributed by atoms with Gasteiger partial charge in [0, 0.05) is 33.8 Å². The van der Waals surface area contributed by atoms with Gasteiger partial charge in [-0.05, 0) is 37.1 Å². The molecule has 1 saturated carbocycles. The van der Waals surface area contributed by atoms with Crippen molar-refractivity contribution in [2.45, 2.75) is 47.9 Å². The van der Waals surface area contributed by atoms with E-state index in [2.05, 4.69) is 0 Å². The molecule has 0 radical (unpaired) electrons. The van der Waals surface area contributed by atoms with Gasteiger partial charge in [-0.2, -0.15) is 5.26 Å². The molecular weight excluding hydrogens is 375 g/mol. The van der Waals surface area contributed by atoms with E-state index in [0.29, 0.717) is 10.1 Å². The van der Waals surface area contributed by atoms with Crippen molar-refractivity contribution in [3.05, 3.63) is 52.8 Å². The van der Waals surface area contributed by atoms with Crippen LogP contribution < -0.4 is 4.74 Å². The Kier molecular flexibility index (Phi) is 4.57. The summed E-state index contributed by atoms with van der Waals surface area (Å²) in [4.78, 5) is 0.642. The van der Waals surface area contributed by atoms with Crippen LogP contribution in [-0.4, -0.2) is 16.3 Å². The first-order chi connectivity index (χ1) is 12.9. The molecule has 2 aliphatic carbocycles. The maximum atomic E-state index is 14.2. The van der Waals surface area contributed by atoms with Gasteiger partial charge in [0.2, 0.25) is 0 Å². The minimum Gasteiger partial charge on any atom is -0.457 e. The van der Waals surface area contributed by atoms with E-state index in [1.165, 1.54) is 17.8 Å². The second kappa shape index (κ2) is 6.77. The summed E-state index contributed by atoms with van der Waals surface area (Å²) in [6, 6.07) is 8.57. The molecule has 0 saturated heterocycles. The zero-order valence-corrected chi connectivity index (χ0v) is 15.0. The normalized spacial score (nSPS) is 20.6. The zero-order chi connectivity index (χ0) is 19.2. The fourth-order valence-electron chi connectivity index (χ4n) is 3.33. The van der Waals surface area contributed by atoms with E-state index in [-0.39, 0.29) is 28.2 Å². The predicted molar refractivity (Wildman–Crippen MR) is 94.7 cm³/mol. The van der Waals surface area contributed by atoms with E-state index in [0.717, 1.165) is 31.4 Å². The lowest BCUT2D eigenvalue weighted by molar-refractivity contribution is -0.0976. The molecule has 1 N–H and O–H groups in total. The number of nitrogens with zero attached hydrogens (tertiary/aromatic N) is 1. The average molecular weight is 391 g/mol. The van der Waals surface area contributed by atoms with E-state index in [4.69, 9.17) is 10.00 Å². The quantitative estimate of drug-likeness (QED) is 0.762. The van der Waals surface area contributed by atoms with Crippen LogP contribution in [0.1, 0.15) is 42.1 Å². The van der Waals surface area contributed by atoms with Gasteiger partial charge in [0.1, 0.15) is 23.4 Å². The Morgan fingerprint density at radius 2 is 2.00 bits per heavy atom. The largest absolute Gasteiger partial charge is 0.457 e. The van der Waals surface area contributed by atoms with Gasteiger partial charge in [-0.15, -0.1) is 11.8 Å². The van der Waals surface area contributed by atoms with Crippen molar-refractivity contribution in [1.82, 2.24) is 0 Å². The first-order valence-corrected chi connectivity index (χ1v) is 9.52. The van der Waals surface area contributed by atoms with Crippen molar-refractivity contribution >= 4 is 11.8 Å². The molecule has 2 aromatic rings. The van der Waals surface area contributed by atoms with Crippen LogP contribution in [-0.2, 0) is 6.42 Å². The Labute approximate surface area is 158 Å². The number of hydrogen-bond acceptors (Lipinski definition) is 4. The van der Waals surface area contributed by atoms with Gasteiger partial charge < -0.3 is 9.84 Å². The molecule has 140 valence electrons. The van der Waals surface area contributed by atoms with E-state index < -0.39 is 24.3 Å². The molecule has 1 atom stereocenters. The molecule has 0 unspecified atom stereocenters. The molecule has 0 amide bonds. The highest BCUT2D eigenvalue weighted by Gasteiger charge is 2.49. The van der Waals surface area contributed by atoms with Crippen molar-refractivity contribution in [3.63, 3.8) is 0 Å². The van der Waals surface area contributed by atoms with Crippen molar-refractivity contribution in [2.75, 3.05) is 0 Å². The Bertz CT molecular complexity index is 938. The number of aliphatic hydroxyl groups is 1. The molecule has 1 fully saturated rings. The third-order valence-corrected chi connectivity index (χ3v) is 6.35. The SMILES string of the molecule is N#Cc1cc(F)cc(Oc2ccc(SC3CCC3)c3c2CC(F)(F)[C@H]3O)c1. The van der Waals surface area contributed by atoms with Crippen LogP contribution in [0, 0.1) is 17.1 Å². The fourth-order valence-corrected chi connectivity index (χ4v) is 4.77. The van der Waals surface area contributed by atoms with Crippen molar-refractivity contribution in [1.29, 1.82) is 5.26 Å². The predicted octanol–water partition coefficient (Wildman–Crippen LogP) is 5.36. The second-order valence-electron chi connectivity index (χ2n) is 6.85. The smallest absolute Gasteiger partial charge is 0.281 e. The maximum absolute atomic E-state index is 14.2. The minimum absolute atomic E-state index is 0.0536. The molecular formula is C20H16F3NO2S. The van der Waals surface area contributed by atoms with Crippen LogP contribution in [0.4, 0.5) is 13.2 Å². The van der Waals surface area contributed by atoms with Gasteiger partial charge in [-0.1, -0.05) is 6.42 Å². The molecule has 0 spiro atoms. The van der Waals surface area contributed by atoms with Crippen LogP contribution in [0.25, 0.3) is 0 Å². The standard InChI is InChI=1S/C20H16F3NO2S/c21-12-6-11(10-24)7-13(8-12)26-16-4-5-17(27-14-2-1-3-14)18-15(16)9-20(22,23)19(18)25/h4-8,14,19,25H,1-3,9H2/t19-/m0/s1. The van der Waals surface area contributed by atoms with Crippen LogP contribution >= 0.6 is 11.8 Å². The highest BCUT2D eigenvalue weighted by atomic mass is 32.2. The number of thioether (sulfide) groups is 1. The van der Waals surface area contributed by atoms with Crippen LogP contribution in [0.5, 0.6) is 11.5 Å². The highest BCUT2D eigenvalue weighted by molar-refractivity contribution is 8.00. The number of aliphatic hydroxyl groups excluding tert-OH is 1. The summed E-state index contributed by atoms with van der Waals surface area (Å²) in [6.07, 6.45) is 0.661. The number of alkyl halides is 2. The van der Waals surface area contributed by atoms with Crippen LogP contribution in [0.3, 0.4) is 0 Å².